The zero-order valence-corrected chi connectivity index (χ0v) is 19.8. The van der Waals surface area contributed by atoms with Crippen LogP contribution in [0.2, 0.25) is 0 Å². The monoisotopic (exact) mass is 493 g/mol. The van der Waals surface area contributed by atoms with Gasteiger partial charge in [-0.15, -0.1) is 0 Å². The van der Waals surface area contributed by atoms with E-state index in [1.807, 2.05) is 42.2 Å². The molecule has 12 nitrogen and oxygen atoms in total. The van der Waals surface area contributed by atoms with E-state index in [2.05, 4.69) is 30.8 Å². The average molecular weight is 494 g/mol. The second kappa shape index (κ2) is 12.3. The molecule has 0 spiro atoms. The molecule has 36 heavy (non-hydrogen) atoms. The third-order valence-electron chi connectivity index (χ3n) is 4.94. The predicted molar refractivity (Wildman–Crippen MR) is 135 cm³/mol. The van der Waals surface area contributed by atoms with E-state index in [9.17, 15) is 4.79 Å². The van der Waals surface area contributed by atoms with E-state index < -0.39 is 12.6 Å². The summed E-state index contributed by atoms with van der Waals surface area (Å²) >= 11 is 0. The van der Waals surface area contributed by atoms with E-state index in [1.54, 1.807) is 24.4 Å². The highest BCUT2D eigenvalue weighted by Crippen LogP contribution is 2.28. The van der Waals surface area contributed by atoms with Crippen molar-refractivity contribution in [3.8, 4) is 11.5 Å². The fraction of sp³-hybridized carbons (Fsp3) is 0.292. The Balaban J connectivity index is 1.52. The van der Waals surface area contributed by atoms with Gasteiger partial charge in [0.05, 0.1) is 26.0 Å². The van der Waals surface area contributed by atoms with Crippen molar-refractivity contribution < 1.29 is 24.1 Å². The molecule has 0 amide bonds. The van der Waals surface area contributed by atoms with Gasteiger partial charge in [-0.2, -0.15) is 20.1 Å². The molecule has 0 bridgehead atoms. The largest absolute Gasteiger partial charge is 0.490 e. The fourth-order valence-electron chi connectivity index (χ4n) is 3.32. The number of anilines is 4. The van der Waals surface area contributed by atoms with Crippen molar-refractivity contribution >= 4 is 35.7 Å². The number of hydrogen-bond acceptors (Lipinski definition) is 11. The molecule has 1 aromatic heterocycles. The van der Waals surface area contributed by atoms with E-state index in [-0.39, 0.29) is 5.95 Å². The maximum Gasteiger partial charge on any atom is 0.341 e. The van der Waals surface area contributed by atoms with Crippen LogP contribution in [-0.2, 0) is 9.53 Å². The van der Waals surface area contributed by atoms with E-state index in [4.69, 9.17) is 19.3 Å². The number of nitrogens with one attached hydrogen (secondary N) is 2. The van der Waals surface area contributed by atoms with E-state index in [1.165, 1.54) is 0 Å². The van der Waals surface area contributed by atoms with Gasteiger partial charge in [0.1, 0.15) is 0 Å². The van der Waals surface area contributed by atoms with Crippen molar-refractivity contribution in [1.82, 2.24) is 15.0 Å². The molecule has 3 N–H and O–H groups in total. The summed E-state index contributed by atoms with van der Waals surface area (Å²) in [7, 11) is 0. The summed E-state index contributed by atoms with van der Waals surface area (Å²) in [5.41, 5.74) is 4.42. The summed E-state index contributed by atoms with van der Waals surface area (Å²) in [4.78, 5) is 26.4. The summed E-state index contributed by atoms with van der Waals surface area (Å²) in [5, 5.41) is 16.3. The van der Waals surface area contributed by atoms with Crippen LogP contribution < -0.4 is 25.1 Å². The number of morpholine rings is 1. The molecule has 0 aliphatic carbocycles. The summed E-state index contributed by atoms with van der Waals surface area (Å²) in [6.45, 7) is 4.32. The third kappa shape index (κ3) is 7.03. The van der Waals surface area contributed by atoms with Crippen LogP contribution in [0, 0.1) is 0 Å². The second-order valence-electron chi connectivity index (χ2n) is 7.56. The van der Waals surface area contributed by atoms with E-state index in [0.29, 0.717) is 61.9 Å². The Labute approximate surface area is 208 Å². The van der Waals surface area contributed by atoms with Crippen molar-refractivity contribution in [2.45, 2.75) is 6.92 Å². The Morgan fingerprint density at radius 2 is 1.86 bits per heavy atom. The molecule has 188 valence electrons. The number of para-hydroxylation sites is 1. The molecule has 1 aliphatic rings. The van der Waals surface area contributed by atoms with Crippen molar-refractivity contribution in [1.29, 1.82) is 0 Å². The van der Waals surface area contributed by atoms with Gasteiger partial charge in [0.25, 0.3) is 0 Å². The van der Waals surface area contributed by atoms with Crippen LogP contribution in [-0.4, -0.2) is 71.8 Å². The van der Waals surface area contributed by atoms with Gasteiger partial charge in [-0.3, -0.25) is 0 Å². The molecule has 1 saturated heterocycles. The van der Waals surface area contributed by atoms with E-state index in [0.717, 1.165) is 5.69 Å². The first-order chi connectivity index (χ1) is 17.6. The molecule has 0 unspecified atom stereocenters. The topological polar surface area (TPSA) is 143 Å². The lowest BCUT2D eigenvalue weighted by atomic mass is 10.2. The van der Waals surface area contributed by atoms with Crippen molar-refractivity contribution in [3.05, 3.63) is 54.1 Å². The Morgan fingerprint density at radius 1 is 1.08 bits per heavy atom. The molecular formula is C24H27N7O5. The van der Waals surface area contributed by atoms with Crippen molar-refractivity contribution in [3.63, 3.8) is 0 Å². The summed E-state index contributed by atoms with van der Waals surface area (Å²) in [6, 6.07) is 14.7. The summed E-state index contributed by atoms with van der Waals surface area (Å²) < 4.78 is 16.3. The molecule has 2 aromatic carbocycles. The smallest absolute Gasteiger partial charge is 0.341 e. The molecule has 1 aliphatic heterocycles. The number of carbonyl (C=O) groups is 1. The van der Waals surface area contributed by atoms with Crippen LogP contribution in [0.15, 0.2) is 53.6 Å². The number of carboxylic acids is 1. The highest BCUT2D eigenvalue weighted by molar-refractivity contribution is 5.81. The van der Waals surface area contributed by atoms with Crippen molar-refractivity contribution in [2.75, 3.05) is 55.2 Å². The zero-order chi connectivity index (χ0) is 25.2. The lowest BCUT2D eigenvalue weighted by Gasteiger charge is -2.27. The molecule has 4 rings (SSSR count). The number of benzene rings is 2. The van der Waals surface area contributed by atoms with Crippen LogP contribution in [0.25, 0.3) is 0 Å². The Kier molecular flexibility index (Phi) is 8.44. The first-order valence-corrected chi connectivity index (χ1v) is 11.4. The van der Waals surface area contributed by atoms with Crippen LogP contribution in [0.5, 0.6) is 11.5 Å². The minimum atomic E-state index is -1.07. The van der Waals surface area contributed by atoms with Crippen molar-refractivity contribution in [2.24, 2.45) is 5.10 Å². The zero-order valence-electron chi connectivity index (χ0n) is 19.8. The highest BCUT2D eigenvalue weighted by Gasteiger charge is 2.17. The van der Waals surface area contributed by atoms with Crippen LogP contribution in [0.1, 0.15) is 12.5 Å². The SMILES string of the molecule is CCOc1cc(/C=N\Nc2nc(Nc3ccccc3)nc(N3CCOCC3)n2)ccc1OCC(=O)O. The Bertz CT molecular complexity index is 1190. The second-order valence-corrected chi connectivity index (χ2v) is 7.56. The molecule has 2 heterocycles. The Hall–Kier alpha value is -4.45. The lowest BCUT2D eigenvalue weighted by Crippen LogP contribution is -2.37. The van der Waals surface area contributed by atoms with Gasteiger partial charge in [-0.1, -0.05) is 18.2 Å². The number of ether oxygens (including phenoxy) is 3. The number of aromatic nitrogens is 3. The minimum Gasteiger partial charge on any atom is -0.490 e. The highest BCUT2D eigenvalue weighted by atomic mass is 16.5. The van der Waals surface area contributed by atoms with Crippen LogP contribution >= 0.6 is 0 Å². The fourth-order valence-corrected chi connectivity index (χ4v) is 3.32. The molecule has 3 aromatic rings. The van der Waals surface area contributed by atoms with Gasteiger partial charge in [0, 0.05) is 18.8 Å². The maximum atomic E-state index is 10.8. The number of aliphatic carboxylic acids is 1. The molecule has 12 heteroatoms. The number of hydrogen-bond donors (Lipinski definition) is 3. The average Bonchev–Trinajstić information content (AvgIpc) is 2.89. The molecule has 1 fully saturated rings. The molecule has 0 atom stereocenters. The van der Waals surface area contributed by atoms with Gasteiger partial charge >= 0.3 is 5.97 Å². The van der Waals surface area contributed by atoms with E-state index >= 15 is 0 Å². The third-order valence-corrected chi connectivity index (χ3v) is 4.94. The first-order valence-electron chi connectivity index (χ1n) is 11.4. The summed E-state index contributed by atoms with van der Waals surface area (Å²) in [5.74, 6) is 0.868. The number of rotatable bonds is 11. The minimum absolute atomic E-state index is 0.271. The first kappa shape index (κ1) is 24.7. The predicted octanol–water partition coefficient (Wildman–Crippen LogP) is 2.76. The maximum absolute atomic E-state index is 10.8. The van der Waals surface area contributed by atoms with Crippen LogP contribution in [0.4, 0.5) is 23.5 Å². The van der Waals surface area contributed by atoms with Crippen LogP contribution in [0.3, 0.4) is 0 Å². The van der Waals surface area contributed by atoms with Gasteiger partial charge in [-0.25, -0.2) is 10.2 Å². The number of nitrogens with zero attached hydrogens (tertiary/aromatic N) is 5. The lowest BCUT2D eigenvalue weighted by molar-refractivity contribution is -0.139. The summed E-state index contributed by atoms with van der Waals surface area (Å²) in [6.07, 6.45) is 1.58. The molecule has 0 radical (unpaired) electrons. The standard InChI is InChI=1S/C24H27N7O5/c1-2-35-20-14-17(8-9-19(20)36-16-21(32)33)15-25-30-23-27-22(26-18-6-4-3-5-7-18)28-24(29-23)31-10-12-34-13-11-31/h3-9,14-15H,2,10-13,16H2,1H3,(H,32,33)(H2,26,27,28,29,30)/b25-15-. The molecule has 0 saturated carbocycles. The normalized spacial score (nSPS) is 13.4. The molecular weight excluding hydrogens is 466 g/mol. The van der Waals surface area contributed by atoms with Gasteiger partial charge in [0.2, 0.25) is 17.8 Å². The van der Waals surface area contributed by atoms with Gasteiger partial charge in [0.15, 0.2) is 18.1 Å². The number of carboxylic acid groups (broad SMARTS) is 1. The van der Waals surface area contributed by atoms with Gasteiger partial charge < -0.3 is 29.5 Å². The number of hydrazone groups is 1. The quantitative estimate of drug-likeness (QED) is 0.268. The van der Waals surface area contributed by atoms with Gasteiger partial charge in [-0.05, 0) is 42.8 Å². The Morgan fingerprint density at radius 3 is 2.61 bits per heavy atom.